The highest BCUT2D eigenvalue weighted by molar-refractivity contribution is 6.05. The first-order valence-electron chi connectivity index (χ1n) is 11.9. The number of para-hydroxylation sites is 1. The number of halogens is 4. The van der Waals surface area contributed by atoms with E-state index in [1.165, 1.54) is 11.8 Å². The zero-order chi connectivity index (χ0) is 25.8. The maximum absolute atomic E-state index is 14.7. The van der Waals surface area contributed by atoms with Gasteiger partial charge < -0.3 is 15.5 Å². The number of hydrogen-bond acceptors (Lipinski definition) is 3. The van der Waals surface area contributed by atoms with Crippen LogP contribution in [0.4, 0.5) is 23.2 Å². The highest BCUT2D eigenvalue weighted by Crippen LogP contribution is 2.49. The minimum Gasteiger partial charge on any atom is -0.347 e. The lowest BCUT2D eigenvalue weighted by Crippen LogP contribution is -2.49. The van der Waals surface area contributed by atoms with Crippen LogP contribution < -0.4 is 10.6 Å². The molecule has 0 spiro atoms. The van der Waals surface area contributed by atoms with Gasteiger partial charge in [-0.25, -0.2) is 4.39 Å². The number of piperidine rings is 1. The van der Waals surface area contributed by atoms with E-state index < -0.39 is 35.5 Å². The third-order valence-electron chi connectivity index (χ3n) is 7.16. The zero-order valence-corrected chi connectivity index (χ0v) is 19.4. The quantitative estimate of drug-likeness (QED) is 0.563. The molecule has 2 saturated carbocycles. The van der Waals surface area contributed by atoms with Gasteiger partial charge in [0.25, 0.3) is 5.91 Å². The van der Waals surface area contributed by atoms with Crippen LogP contribution in [0.25, 0.3) is 0 Å². The van der Waals surface area contributed by atoms with Gasteiger partial charge in [0.1, 0.15) is 11.9 Å². The molecule has 1 saturated heterocycles. The Morgan fingerprint density at radius 2 is 1.78 bits per heavy atom. The van der Waals surface area contributed by atoms with Crippen LogP contribution in [0.15, 0.2) is 42.5 Å². The Morgan fingerprint density at radius 3 is 2.42 bits per heavy atom. The van der Waals surface area contributed by atoms with Crippen molar-refractivity contribution in [3.63, 3.8) is 0 Å². The number of nitrogens with zero attached hydrogens (tertiary/aromatic N) is 1. The monoisotopic (exact) mass is 503 g/mol. The Hall–Kier alpha value is -3.43. The molecular formula is C26H25F4N3O3. The summed E-state index contributed by atoms with van der Waals surface area (Å²) in [5.41, 5.74) is -0.461. The summed E-state index contributed by atoms with van der Waals surface area (Å²) in [7, 11) is 0. The van der Waals surface area contributed by atoms with E-state index in [1.54, 1.807) is 24.3 Å². The SMILES string of the molecule is CC(=O)Nc1ccccc1C(=O)N1[C@@H](C(=O)N[C@@H](c2ccc(C(F)(F)F)cc2F)C2CC2)C[C@H]2C[C@H]21. The van der Waals surface area contributed by atoms with Crippen LogP contribution in [-0.2, 0) is 15.8 Å². The molecule has 4 atom stereocenters. The molecule has 36 heavy (non-hydrogen) atoms. The average molecular weight is 503 g/mol. The lowest BCUT2D eigenvalue weighted by atomic mass is 9.98. The summed E-state index contributed by atoms with van der Waals surface area (Å²) in [5, 5.41) is 5.48. The van der Waals surface area contributed by atoms with Crippen molar-refractivity contribution < 1.29 is 31.9 Å². The number of alkyl halides is 3. The van der Waals surface area contributed by atoms with E-state index in [4.69, 9.17) is 0 Å². The van der Waals surface area contributed by atoms with Gasteiger partial charge >= 0.3 is 6.18 Å². The lowest BCUT2D eigenvalue weighted by Gasteiger charge is -2.30. The van der Waals surface area contributed by atoms with Crippen molar-refractivity contribution in [2.75, 3.05) is 5.32 Å². The van der Waals surface area contributed by atoms with Gasteiger partial charge in [0.2, 0.25) is 11.8 Å². The van der Waals surface area contributed by atoms with E-state index in [0.717, 1.165) is 18.6 Å². The molecule has 5 rings (SSSR count). The van der Waals surface area contributed by atoms with E-state index in [0.29, 0.717) is 31.0 Å². The van der Waals surface area contributed by atoms with Crippen molar-refractivity contribution in [3.8, 4) is 0 Å². The van der Waals surface area contributed by atoms with Crippen LogP contribution in [-0.4, -0.2) is 34.7 Å². The van der Waals surface area contributed by atoms with Crippen molar-refractivity contribution in [2.24, 2.45) is 11.8 Å². The predicted octanol–water partition coefficient (Wildman–Crippen LogP) is 4.67. The highest BCUT2D eigenvalue weighted by atomic mass is 19.4. The van der Waals surface area contributed by atoms with Crippen LogP contribution in [0.5, 0.6) is 0 Å². The van der Waals surface area contributed by atoms with Crippen molar-refractivity contribution in [1.82, 2.24) is 10.2 Å². The molecule has 1 heterocycles. The zero-order valence-electron chi connectivity index (χ0n) is 19.4. The van der Waals surface area contributed by atoms with Crippen molar-refractivity contribution >= 4 is 23.4 Å². The van der Waals surface area contributed by atoms with Gasteiger partial charge in [0, 0.05) is 18.5 Å². The first-order valence-corrected chi connectivity index (χ1v) is 11.9. The fourth-order valence-electron chi connectivity index (χ4n) is 5.17. The Balaban J connectivity index is 1.38. The number of rotatable bonds is 6. The number of hydrogen-bond donors (Lipinski definition) is 2. The van der Waals surface area contributed by atoms with Crippen molar-refractivity contribution in [1.29, 1.82) is 0 Å². The topological polar surface area (TPSA) is 78.5 Å². The molecule has 3 aliphatic rings. The molecule has 2 aliphatic carbocycles. The molecule has 0 unspecified atom stereocenters. The van der Waals surface area contributed by atoms with Crippen molar-refractivity contribution in [3.05, 3.63) is 65.0 Å². The molecule has 0 radical (unpaired) electrons. The van der Waals surface area contributed by atoms with Crippen LogP contribution in [0, 0.1) is 17.7 Å². The van der Waals surface area contributed by atoms with Crippen LogP contribution in [0.1, 0.15) is 60.1 Å². The summed E-state index contributed by atoms with van der Waals surface area (Å²) >= 11 is 0. The van der Waals surface area contributed by atoms with E-state index >= 15 is 0 Å². The summed E-state index contributed by atoms with van der Waals surface area (Å²) in [6.07, 6.45) is -2.01. The molecule has 3 fully saturated rings. The second-order valence-corrected chi connectivity index (χ2v) is 9.81. The molecular weight excluding hydrogens is 478 g/mol. The number of carbonyl (C=O) groups excluding carboxylic acids is 3. The van der Waals surface area contributed by atoms with E-state index in [-0.39, 0.29) is 40.8 Å². The number of nitrogens with one attached hydrogen (secondary N) is 2. The Kier molecular flexibility index (Phi) is 6.00. The van der Waals surface area contributed by atoms with Gasteiger partial charge in [-0.15, -0.1) is 0 Å². The Labute approximate surface area is 205 Å². The summed E-state index contributed by atoms with van der Waals surface area (Å²) in [5.74, 6) is -2.09. The molecule has 2 N–H and O–H groups in total. The molecule has 0 aromatic heterocycles. The summed E-state index contributed by atoms with van der Waals surface area (Å²) in [6.45, 7) is 1.34. The maximum atomic E-state index is 14.7. The number of amides is 3. The second kappa shape index (κ2) is 8.90. The standard InChI is InChI=1S/C26H25F4N3O3/c1-13(34)31-20-5-3-2-4-18(20)25(36)33-21-10-15(21)11-22(33)24(35)32-23(14-6-7-14)17-9-8-16(12-19(17)27)26(28,29)30/h2-5,8-9,12,14-15,21-23H,6-7,10-11H2,1H3,(H,31,34)(H,32,35)/t15-,21-,22-,23-/m1/s1. The predicted molar refractivity (Wildman–Crippen MR) is 122 cm³/mol. The second-order valence-electron chi connectivity index (χ2n) is 9.81. The van der Waals surface area contributed by atoms with Crippen LogP contribution in [0.3, 0.4) is 0 Å². The Morgan fingerprint density at radius 1 is 1.06 bits per heavy atom. The maximum Gasteiger partial charge on any atom is 0.416 e. The molecule has 2 aromatic carbocycles. The lowest BCUT2D eigenvalue weighted by molar-refractivity contribution is -0.137. The van der Waals surface area contributed by atoms with E-state index in [1.807, 2.05) is 0 Å². The number of likely N-dealkylation sites (tertiary alicyclic amines) is 1. The number of benzene rings is 2. The first-order chi connectivity index (χ1) is 17.0. The van der Waals surface area contributed by atoms with Gasteiger partial charge in [0.05, 0.1) is 22.9 Å². The average Bonchev–Trinajstić information content (AvgIpc) is 3.74. The molecule has 190 valence electrons. The summed E-state index contributed by atoms with van der Waals surface area (Å²) < 4.78 is 53.7. The minimum atomic E-state index is -4.67. The normalized spacial score (nSPS) is 23.6. The largest absolute Gasteiger partial charge is 0.416 e. The van der Waals surface area contributed by atoms with Crippen LogP contribution >= 0.6 is 0 Å². The third kappa shape index (κ3) is 4.68. The van der Waals surface area contributed by atoms with Gasteiger partial charge in [0.15, 0.2) is 0 Å². The van der Waals surface area contributed by atoms with E-state index in [2.05, 4.69) is 10.6 Å². The molecule has 2 aromatic rings. The number of carbonyl (C=O) groups is 3. The van der Waals surface area contributed by atoms with Gasteiger partial charge in [-0.05, 0) is 61.8 Å². The highest BCUT2D eigenvalue weighted by Gasteiger charge is 2.56. The third-order valence-corrected chi connectivity index (χ3v) is 7.16. The van der Waals surface area contributed by atoms with Crippen molar-refractivity contribution in [2.45, 2.75) is 56.9 Å². The number of anilines is 1. The molecule has 6 nitrogen and oxygen atoms in total. The van der Waals surface area contributed by atoms with Gasteiger partial charge in [-0.2, -0.15) is 13.2 Å². The number of fused-ring (bicyclic) bond motifs is 1. The van der Waals surface area contributed by atoms with Gasteiger partial charge in [-0.3, -0.25) is 14.4 Å². The smallest absolute Gasteiger partial charge is 0.347 e. The molecule has 1 aliphatic heterocycles. The molecule has 0 bridgehead atoms. The first kappa shape index (κ1) is 24.3. The molecule has 10 heteroatoms. The fraction of sp³-hybridized carbons (Fsp3) is 0.423. The molecule has 3 amide bonds. The van der Waals surface area contributed by atoms with E-state index in [9.17, 15) is 31.9 Å². The van der Waals surface area contributed by atoms with Gasteiger partial charge in [-0.1, -0.05) is 18.2 Å². The summed E-state index contributed by atoms with van der Waals surface area (Å²) in [4.78, 5) is 40.0. The Bertz CT molecular complexity index is 1230. The summed E-state index contributed by atoms with van der Waals surface area (Å²) in [6, 6.07) is 7.26. The minimum absolute atomic E-state index is 0.0101. The van der Waals surface area contributed by atoms with Crippen LogP contribution in [0.2, 0.25) is 0 Å². The fourth-order valence-corrected chi connectivity index (χ4v) is 5.17.